The molecule has 0 radical (unpaired) electrons. The van der Waals surface area contributed by atoms with Crippen LogP contribution in [0.3, 0.4) is 0 Å². The number of carbonyl (C=O) groups is 1. The lowest BCUT2D eigenvalue weighted by Gasteiger charge is -2.19. The van der Waals surface area contributed by atoms with Gasteiger partial charge in [-0.1, -0.05) is 17.3 Å². The van der Waals surface area contributed by atoms with E-state index in [1.165, 1.54) is 0 Å². The van der Waals surface area contributed by atoms with Crippen molar-refractivity contribution in [1.82, 2.24) is 15.0 Å². The van der Waals surface area contributed by atoms with Crippen LogP contribution in [-0.2, 0) is 4.79 Å². The summed E-state index contributed by atoms with van der Waals surface area (Å²) in [5.74, 6) is 1.79. The number of nitrogens with zero attached hydrogens (tertiary/aromatic N) is 3. The summed E-state index contributed by atoms with van der Waals surface area (Å²) in [6.07, 6.45) is 1.82. The molecule has 1 aromatic heterocycles. The van der Waals surface area contributed by atoms with Crippen LogP contribution in [-0.4, -0.2) is 34.6 Å². The molecule has 0 N–H and O–H groups in total. The molecule has 6 heteroatoms. The Balaban J connectivity index is 1.87. The predicted octanol–water partition coefficient (Wildman–Crippen LogP) is 2.43. The van der Waals surface area contributed by atoms with Gasteiger partial charge in [-0.2, -0.15) is 4.98 Å². The molecule has 0 aliphatic carbocycles. The molecule has 0 bridgehead atoms. The third kappa shape index (κ3) is 2.61. The standard InChI is InChI=1S/C15H17N3O3/c1-10(19)18-8-4-7-13(18)15-16-14(17-21-15)11-5-3-6-12(9-11)20-2/h3,5-6,9,13H,4,7-8H2,1-2H3/t13-/m1/s1. The number of aromatic nitrogens is 2. The molecule has 0 saturated carbocycles. The van der Waals surface area contributed by atoms with E-state index in [0.717, 1.165) is 30.7 Å². The Kier molecular flexibility index (Phi) is 3.60. The number of ether oxygens (including phenoxy) is 1. The highest BCUT2D eigenvalue weighted by atomic mass is 16.5. The van der Waals surface area contributed by atoms with Gasteiger partial charge in [0.05, 0.1) is 7.11 Å². The summed E-state index contributed by atoms with van der Waals surface area (Å²) in [5.41, 5.74) is 0.830. The Hall–Kier alpha value is -2.37. The van der Waals surface area contributed by atoms with Gasteiger partial charge < -0.3 is 14.2 Å². The number of amides is 1. The lowest BCUT2D eigenvalue weighted by Crippen LogP contribution is -2.28. The van der Waals surface area contributed by atoms with E-state index < -0.39 is 0 Å². The first-order valence-corrected chi connectivity index (χ1v) is 6.94. The van der Waals surface area contributed by atoms with Crippen molar-refractivity contribution < 1.29 is 14.1 Å². The molecule has 0 spiro atoms. The van der Waals surface area contributed by atoms with Crippen LogP contribution in [0.5, 0.6) is 5.75 Å². The fourth-order valence-corrected chi connectivity index (χ4v) is 2.65. The topological polar surface area (TPSA) is 68.5 Å². The zero-order chi connectivity index (χ0) is 14.8. The summed E-state index contributed by atoms with van der Waals surface area (Å²) in [6, 6.07) is 7.38. The second kappa shape index (κ2) is 5.55. The molecule has 1 fully saturated rings. The lowest BCUT2D eigenvalue weighted by atomic mass is 10.2. The number of benzene rings is 1. The van der Waals surface area contributed by atoms with Crippen molar-refractivity contribution in [1.29, 1.82) is 0 Å². The first kappa shape index (κ1) is 13.6. The number of rotatable bonds is 3. The molecule has 1 atom stereocenters. The molecule has 2 heterocycles. The molecule has 3 rings (SSSR count). The van der Waals surface area contributed by atoms with E-state index in [-0.39, 0.29) is 11.9 Å². The van der Waals surface area contributed by atoms with Gasteiger partial charge in [0.15, 0.2) is 0 Å². The van der Waals surface area contributed by atoms with Crippen LogP contribution in [0.2, 0.25) is 0 Å². The van der Waals surface area contributed by atoms with Crippen molar-refractivity contribution in [3.63, 3.8) is 0 Å². The Labute approximate surface area is 122 Å². The van der Waals surface area contributed by atoms with Crippen LogP contribution in [0.25, 0.3) is 11.4 Å². The van der Waals surface area contributed by atoms with E-state index in [1.807, 2.05) is 24.3 Å². The lowest BCUT2D eigenvalue weighted by molar-refractivity contribution is -0.130. The van der Waals surface area contributed by atoms with Gasteiger partial charge in [0.25, 0.3) is 0 Å². The molecule has 0 unspecified atom stereocenters. The van der Waals surface area contributed by atoms with Gasteiger partial charge >= 0.3 is 0 Å². The Morgan fingerprint density at radius 1 is 1.48 bits per heavy atom. The molecule has 21 heavy (non-hydrogen) atoms. The molecular weight excluding hydrogens is 270 g/mol. The van der Waals surface area contributed by atoms with Gasteiger partial charge in [-0.25, -0.2) is 0 Å². The van der Waals surface area contributed by atoms with Crippen LogP contribution in [0.15, 0.2) is 28.8 Å². The molecule has 1 aromatic carbocycles. The maximum atomic E-state index is 11.6. The highest BCUT2D eigenvalue weighted by Crippen LogP contribution is 2.32. The van der Waals surface area contributed by atoms with Crippen molar-refractivity contribution in [3.8, 4) is 17.1 Å². The van der Waals surface area contributed by atoms with E-state index >= 15 is 0 Å². The largest absolute Gasteiger partial charge is 0.497 e. The number of hydrogen-bond donors (Lipinski definition) is 0. The molecule has 6 nitrogen and oxygen atoms in total. The Bertz CT molecular complexity index is 653. The van der Waals surface area contributed by atoms with Crippen molar-refractivity contribution in [2.75, 3.05) is 13.7 Å². The third-order valence-corrected chi connectivity index (χ3v) is 3.71. The van der Waals surface area contributed by atoms with Gasteiger partial charge in [-0.3, -0.25) is 4.79 Å². The minimum Gasteiger partial charge on any atom is -0.497 e. The van der Waals surface area contributed by atoms with Gasteiger partial charge in [-0.15, -0.1) is 0 Å². The normalized spacial score (nSPS) is 18.0. The summed E-state index contributed by atoms with van der Waals surface area (Å²) >= 11 is 0. The minimum absolute atomic E-state index is 0.0404. The zero-order valence-corrected chi connectivity index (χ0v) is 12.1. The summed E-state index contributed by atoms with van der Waals surface area (Å²) in [6.45, 7) is 2.31. The quantitative estimate of drug-likeness (QED) is 0.867. The fraction of sp³-hybridized carbons (Fsp3) is 0.400. The molecule has 1 saturated heterocycles. The Morgan fingerprint density at radius 2 is 2.33 bits per heavy atom. The minimum atomic E-state index is -0.102. The summed E-state index contributed by atoms with van der Waals surface area (Å²) < 4.78 is 10.6. The third-order valence-electron chi connectivity index (χ3n) is 3.71. The molecule has 110 valence electrons. The number of likely N-dealkylation sites (tertiary alicyclic amines) is 1. The van der Waals surface area contributed by atoms with Gasteiger partial charge in [0, 0.05) is 19.0 Å². The van der Waals surface area contributed by atoms with Crippen molar-refractivity contribution >= 4 is 5.91 Å². The predicted molar refractivity (Wildman–Crippen MR) is 75.6 cm³/mol. The molecule has 1 aliphatic rings. The van der Waals surface area contributed by atoms with Crippen molar-refractivity contribution in [2.45, 2.75) is 25.8 Å². The highest BCUT2D eigenvalue weighted by molar-refractivity contribution is 5.74. The summed E-state index contributed by atoms with van der Waals surface area (Å²) in [7, 11) is 1.62. The van der Waals surface area contributed by atoms with E-state index in [0.29, 0.717) is 11.7 Å². The van der Waals surface area contributed by atoms with E-state index in [9.17, 15) is 4.79 Å². The van der Waals surface area contributed by atoms with Crippen LogP contribution in [0.1, 0.15) is 31.7 Å². The maximum Gasteiger partial charge on any atom is 0.249 e. The number of hydrogen-bond acceptors (Lipinski definition) is 5. The highest BCUT2D eigenvalue weighted by Gasteiger charge is 2.32. The summed E-state index contributed by atoms with van der Waals surface area (Å²) in [4.78, 5) is 17.8. The number of methoxy groups -OCH3 is 1. The van der Waals surface area contributed by atoms with Crippen LogP contribution >= 0.6 is 0 Å². The van der Waals surface area contributed by atoms with Crippen molar-refractivity contribution in [2.24, 2.45) is 0 Å². The van der Waals surface area contributed by atoms with E-state index in [4.69, 9.17) is 9.26 Å². The van der Waals surface area contributed by atoms with E-state index in [2.05, 4.69) is 10.1 Å². The van der Waals surface area contributed by atoms with Crippen LogP contribution in [0.4, 0.5) is 0 Å². The van der Waals surface area contributed by atoms with Crippen molar-refractivity contribution in [3.05, 3.63) is 30.2 Å². The second-order valence-corrected chi connectivity index (χ2v) is 5.06. The second-order valence-electron chi connectivity index (χ2n) is 5.06. The van der Waals surface area contributed by atoms with Gasteiger partial charge in [-0.05, 0) is 25.0 Å². The van der Waals surface area contributed by atoms with Gasteiger partial charge in [0.2, 0.25) is 17.6 Å². The SMILES string of the molecule is COc1cccc(-c2noc([C@H]3CCCN3C(C)=O)n2)c1. The first-order valence-electron chi connectivity index (χ1n) is 6.94. The van der Waals surface area contributed by atoms with E-state index in [1.54, 1.807) is 18.9 Å². The Morgan fingerprint density at radius 3 is 3.10 bits per heavy atom. The van der Waals surface area contributed by atoms with Gasteiger partial charge in [0.1, 0.15) is 11.8 Å². The average molecular weight is 287 g/mol. The molecule has 2 aromatic rings. The van der Waals surface area contributed by atoms with Crippen LogP contribution < -0.4 is 4.74 Å². The maximum absolute atomic E-state index is 11.6. The fourth-order valence-electron chi connectivity index (χ4n) is 2.65. The zero-order valence-electron chi connectivity index (χ0n) is 12.1. The first-order chi connectivity index (χ1) is 10.2. The average Bonchev–Trinajstić information content (AvgIpc) is 3.15. The smallest absolute Gasteiger partial charge is 0.249 e. The monoisotopic (exact) mass is 287 g/mol. The number of carbonyl (C=O) groups excluding carboxylic acids is 1. The molecule has 1 amide bonds. The molecular formula is C15H17N3O3. The van der Waals surface area contributed by atoms with Crippen LogP contribution in [0, 0.1) is 0 Å². The molecule has 1 aliphatic heterocycles. The summed E-state index contributed by atoms with van der Waals surface area (Å²) in [5, 5.41) is 4.02.